The molecule has 0 saturated carbocycles. The number of sulfonamides is 1. The van der Waals surface area contributed by atoms with Crippen molar-refractivity contribution in [3.63, 3.8) is 0 Å². The first kappa shape index (κ1) is 27.1. The number of hydrogen-bond donors (Lipinski definition) is 1. The number of nitrogens with one attached hydrogen (secondary N) is 1. The van der Waals surface area contributed by atoms with E-state index in [1.807, 2.05) is 31.2 Å². The van der Waals surface area contributed by atoms with Crippen molar-refractivity contribution in [3.8, 4) is 11.5 Å². The van der Waals surface area contributed by atoms with Gasteiger partial charge in [0.05, 0.1) is 24.2 Å². The van der Waals surface area contributed by atoms with Gasteiger partial charge in [0.2, 0.25) is 5.91 Å². The van der Waals surface area contributed by atoms with Crippen molar-refractivity contribution in [3.05, 3.63) is 83.9 Å². The van der Waals surface area contributed by atoms with Gasteiger partial charge in [-0.2, -0.15) is 0 Å². The molecule has 0 bridgehead atoms. The number of aryl methyl sites for hydroxylation is 1. The smallest absolute Gasteiger partial charge is 0.264 e. The van der Waals surface area contributed by atoms with E-state index in [1.54, 1.807) is 36.4 Å². The number of ether oxygens (including phenoxy) is 2. The lowest BCUT2D eigenvalue weighted by atomic mass is 9.87. The van der Waals surface area contributed by atoms with E-state index in [0.29, 0.717) is 11.5 Å². The van der Waals surface area contributed by atoms with Gasteiger partial charge in [-0.05, 0) is 54.3 Å². The third-order valence-corrected chi connectivity index (χ3v) is 7.44. The summed E-state index contributed by atoms with van der Waals surface area (Å²) in [4.78, 5) is 12.9. The summed E-state index contributed by atoms with van der Waals surface area (Å²) >= 11 is 0. The van der Waals surface area contributed by atoms with Crippen molar-refractivity contribution in [1.29, 1.82) is 0 Å². The Morgan fingerprint density at radius 3 is 2.19 bits per heavy atom. The number of hydrogen-bond acceptors (Lipinski definition) is 5. The first-order valence-corrected chi connectivity index (χ1v) is 13.2. The normalized spacial score (nSPS) is 11.6. The van der Waals surface area contributed by atoms with Gasteiger partial charge in [0.25, 0.3) is 10.0 Å². The van der Waals surface area contributed by atoms with Crippen LogP contribution in [0.25, 0.3) is 0 Å². The van der Waals surface area contributed by atoms with Crippen LogP contribution in [0.2, 0.25) is 0 Å². The van der Waals surface area contributed by atoms with E-state index in [0.717, 1.165) is 9.87 Å². The predicted molar refractivity (Wildman–Crippen MR) is 142 cm³/mol. The fourth-order valence-corrected chi connectivity index (χ4v) is 5.00. The van der Waals surface area contributed by atoms with Crippen molar-refractivity contribution in [2.75, 3.05) is 31.1 Å². The molecule has 1 N–H and O–H groups in total. The molecule has 3 aromatic carbocycles. The van der Waals surface area contributed by atoms with Gasteiger partial charge >= 0.3 is 0 Å². The zero-order chi connectivity index (χ0) is 26.3. The second kappa shape index (κ2) is 11.5. The van der Waals surface area contributed by atoms with Crippen LogP contribution >= 0.6 is 0 Å². The largest absolute Gasteiger partial charge is 0.495 e. The van der Waals surface area contributed by atoms with E-state index in [9.17, 15) is 13.2 Å². The minimum atomic E-state index is -4.03. The van der Waals surface area contributed by atoms with Crippen LogP contribution in [0.5, 0.6) is 11.5 Å². The molecule has 0 atom stereocenters. The van der Waals surface area contributed by atoms with Crippen LogP contribution in [0.15, 0.2) is 77.7 Å². The average Bonchev–Trinajstić information content (AvgIpc) is 2.85. The standard InChI is InChI=1S/C28H34N2O5S/c1-21-10-16-24(17-11-21)36(32,33)30(25-8-6-7-9-26(25)34-5)20-27(31)29-18-19-35-23-14-12-22(13-15-23)28(2,3)4/h6-17H,18-20H2,1-5H3,(H,29,31). The number of nitrogens with zero attached hydrogens (tertiary/aromatic N) is 1. The quantitative estimate of drug-likeness (QED) is 0.400. The molecule has 0 aromatic heterocycles. The summed E-state index contributed by atoms with van der Waals surface area (Å²) in [5, 5.41) is 2.75. The highest BCUT2D eigenvalue weighted by molar-refractivity contribution is 7.92. The van der Waals surface area contributed by atoms with Gasteiger partial charge in [-0.25, -0.2) is 8.42 Å². The molecule has 0 aliphatic rings. The van der Waals surface area contributed by atoms with Crippen molar-refractivity contribution >= 4 is 21.6 Å². The van der Waals surface area contributed by atoms with Crippen LogP contribution in [0, 0.1) is 6.92 Å². The van der Waals surface area contributed by atoms with E-state index in [-0.39, 0.29) is 29.1 Å². The van der Waals surface area contributed by atoms with Gasteiger partial charge < -0.3 is 14.8 Å². The van der Waals surface area contributed by atoms with E-state index in [2.05, 4.69) is 26.1 Å². The molecule has 0 radical (unpaired) electrons. The van der Waals surface area contributed by atoms with Gasteiger partial charge in [-0.3, -0.25) is 9.10 Å². The summed E-state index contributed by atoms with van der Waals surface area (Å²) in [5.41, 5.74) is 2.47. The summed E-state index contributed by atoms with van der Waals surface area (Å²) in [6.07, 6.45) is 0. The Labute approximate surface area is 214 Å². The van der Waals surface area contributed by atoms with Crippen LogP contribution in [-0.4, -0.2) is 41.1 Å². The Morgan fingerprint density at radius 2 is 1.58 bits per heavy atom. The summed E-state index contributed by atoms with van der Waals surface area (Å²) < 4.78 is 39.2. The highest BCUT2D eigenvalue weighted by Gasteiger charge is 2.29. The van der Waals surface area contributed by atoms with E-state index in [1.165, 1.54) is 24.8 Å². The molecule has 0 fully saturated rings. The van der Waals surface area contributed by atoms with Gasteiger partial charge in [-0.15, -0.1) is 0 Å². The van der Waals surface area contributed by atoms with Crippen molar-refractivity contribution in [1.82, 2.24) is 5.32 Å². The fraction of sp³-hybridized carbons (Fsp3) is 0.321. The summed E-state index contributed by atoms with van der Waals surface area (Å²) in [7, 11) is -2.57. The number of methoxy groups -OCH3 is 1. The molecule has 1 amide bonds. The maximum Gasteiger partial charge on any atom is 0.264 e. The first-order valence-electron chi connectivity index (χ1n) is 11.7. The average molecular weight is 511 g/mol. The number of para-hydroxylation sites is 2. The minimum Gasteiger partial charge on any atom is -0.495 e. The minimum absolute atomic E-state index is 0.0543. The molecular weight excluding hydrogens is 476 g/mol. The lowest BCUT2D eigenvalue weighted by Crippen LogP contribution is -2.42. The van der Waals surface area contributed by atoms with Crippen LogP contribution in [-0.2, 0) is 20.2 Å². The molecule has 3 aromatic rings. The molecule has 0 unspecified atom stereocenters. The highest BCUT2D eigenvalue weighted by Crippen LogP contribution is 2.32. The lowest BCUT2D eigenvalue weighted by Gasteiger charge is -2.25. The summed E-state index contributed by atoms with van der Waals surface area (Å²) in [5.74, 6) is 0.598. The van der Waals surface area contributed by atoms with E-state index in [4.69, 9.17) is 9.47 Å². The number of benzene rings is 3. The molecule has 7 nitrogen and oxygen atoms in total. The third kappa shape index (κ3) is 6.79. The molecule has 0 aliphatic heterocycles. The van der Waals surface area contributed by atoms with Crippen molar-refractivity contribution in [2.45, 2.75) is 38.0 Å². The molecule has 0 aliphatic carbocycles. The lowest BCUT2D eigenvalue weighted by molar-refractivity contribution is -0.119. The second-order valence-corrected chi connectivity index (χ2v) is 11.3. The topological polar surface area (TPSA) is 84.9 Å². The first-order chi connectivity index (χ1) is 17.0. The molecule has 0 spiro atoms. The van der Waals surface area contributed by atoms with E-state index >= 15 is 0 Å². The third-order valence-electron chi connectivity index (χ3n) is 5.66. The molecule has 0 saturated heterocycles. The number of anilines is 1. The van der Waals surface area contributed by atoms with Gasteiger partial charge in [0.1, 0.15) is 24.7 Å². The van der Waals surface area contributed by atoms with Crippen molar-refractivity contribution in [2.24, 2.45) is 0 Å². The van der Waals surface area contributed by atoms with Crippen LogP contribution < -0.4 is 19.1 Å². The monoisotopic (exact) mass is 510 g/mol. The van der Waals surface area contributed by atoms with Crippen molar-refractivity contribution < 1.29 is 22.7 Å². The maximum atomic E-state index is 13.5. The Bertz CT molecular complexity index is 1260. The Kier molecular flexibility index (Phi) is 8.63. The molecular formula is C28H34N2O5S. The number of carbonyl (C=O) groups is 1. The number of rotatable bonds is 10. The predicted octanol–water partition coefficient (Wildman–Crippen LogP) is 4.69. The fourth-order valence-electron chi connectivity index (χ4n) is 3.57. The molecule has 8 heteroatoms. The molecule has 36 heavy (non-hydrogen) atoms. The maximum absolute atomic E-state index is 13.5. The van der Waals surface area contributed by atoms with Crippen LogP contribution in [0.3, 0.4) is 0 Å². The zero-order valence-corrected chi connectivity index (χ0v) is 22.3. The molecule has 3 rings (SSSR count). The number of carbonyl (C=O) groups excluding carboxylic acids is 1. The Morgan fingerprint density at radius 1 is 0.944 bits per heavy atom. The van der Waals surface area contributed by atoms with Gasteiger partial charge in [-0.1, -0.05) is 62.7 Å². The van der Waals surface area contributed by atoms with E-state index < -0.39 is 22.5 Å². The Balaban J connectivity index is 1.69. The molecule has 192 valence electrons. The van der Waals surface area contributed by atoms with Gasteiger partial charge in [0.15, 0.2) is 0 Å². The zero-order valence-electron chi connectivity index (χ0n) is 21.4. The molecule has 0 heterocycles. The summed E-state index contributed by atoms with van der Waals surface area (Å²) in [6.45, 7) is 8.38. The highest BCUT2D eigenvalue weighted by atomic mass is 32.2. The second-order valence-electron chi connectivity index (χ2n) is 9.47. The summed E-state index contributed by atoms with van der Waals surface area (Å²) in [6, 6.07) is 21.1. The van der Waals surface area contributed by atoms with Crippen LogP contribution in [0.1, 0.15) is 31.9 Å². The van der Waals surface area contributed by atoms with Gasteiger partial charge in [0, 0.05) is 0 Å². The van der Waals surface area contributed by atoms with Crippen LogP contribution in [0.4, 0.5) is 5.69 Å². The SMILES string of the molecule is COc1ccccc1N(CC(=O)NCCOc1ccc(C(C)(C)C)cc1)S(=O)(=O)c1ccc(C)cc1. The number of amides is 1. The Hall–Kier alpha value is -3.52.